The van der Waals surface area contributed by atoms with Crippen LogP contribution in [-0.2, 0) is 11.2 Å². The summed E-state index contributed by atoms with van der Waals surface area (Å²) in [7, 11) is 0. The fraction of sp³-hybridized carbons (Fsp3) is 0.273. The Morgan fingerprint density at radius 3 is 2.88 bits per heavy atom. The third-order valence-electron chi connectivity index (χ3n) is 2.52. The second-order valence-electron chi connectivity index (χ2n) is 3.88. The van der Waals surface area contributed by atoms with E-state index in [4.69, 9.17) is 5.11 Å². The Morgan fingerprint density at radius 1 is 1.53 bits per heavy atom. The van der Waals surface area contributed by atoms with Crippen molar-refractivity contribution in [1.82, 2.24) is 9.97 Å². The number of imidazole rings is 1. The minimum atomic E-state index is -1.02. The van der Waals surface area contributed by atoms with Gasteiger partial charge in [-0.1, -0.05) is 6.92 Å². The number of halogens is 2. The molecule has 6 heteroatoms. The van der Waals surface area contributed by atoms with E-state index in [9.17, 15) is 13.6 Å². The van der Waals surface area contributed by atoms with Crippen molar-refractivity contribution in [2.24, 2.45) is 5.92 Å². The van der Waals surface area contributed by atoms with Crippen LogP contribution in [0.15, 0.2) is 12.1 Å². The molecule has 0 amide bonds. The quantitative estimate of drug-likeness (QED) is 0.863. The molecular formula is C11H10F2N2O2. The summed E-state index contributed by atoms with van der Waals surface area (Å²) in [4.78, 5) is 17.3. The molecule has 0 fully saturated rings. The van der Waals surface area contributed by atoms with Gasteiger partial charge in [-0.15, -0.1) is 0 Å². The zero-order chi connectivity index (χ0) is 12.6. The van der Waals surface area contributed by atoms with Gasteiger partial charge in [0.15, 0.2) is 11.6 Å². The third-order valence-corrected chi connectivity index (χ3v) is 2.52. The summed E-state index contributed by atoms with van der Waals surface area (Å²) < 4.78 is 26.3. The molecule has 1 atom stereocenters. The highest BCUT2D eigenvalue weighted by atomic mass is 19.2. The van der Waals surface area contributed by atoms with Gasteiger partial charge in [-0.3, -0.25) is 4.79 Å². The number of carboxylic acids is 1. The van der Waals surface area contributed by atoms with E-state index in [-0.39, 0.29) is 11.9 Å². The van der Waals surface area contributed by atoms with Crippen LogP contribution in [0.4, 0.5) is 8.78 Å². The average molecular weight is 240 g/mol. The number of carbonyl (C=O) groups is 1. The van der Waals surface area contributed by atoms with Crippen molar-refractivity contribution in [3.63, 3.8) is 0 Å². The van der Waals surface area contributed by atoms with Gasteiger partial charge >= 0.3 is 5.97 Å². The molecule has 17 heavy (non-hydrogen) atoms. The van der Waals surface area contributed by atoms with Crippen molar-refractivity contribution in [3.8, 4) is 0 Å². The van der Waals surface area contributed by atoms with Crippen LogP contribution in [0.1, 0.15) is 12.7 Å². The topological polar surface area (TPSA) is 66.0 Å². The van der Waals surface area contributed by atoms with Crippen LogP contribution in [0.5, 0.6) is 0 Å². The van der Waals surface area contributed by atoms with E-state index in [0.717, 1.165) is 6.07 Å². The lowest BCUT2D eigenvalue weighted by Gasteiger charge is -2.01. The zero-order valence-corrected chi connectivity index (χ0v) is 9.00. The molecule has 0 aliphatic heterocycles. The number of rotatable bonds is 3. The zero-order valence-electron chi connectivity index (χ0n) is 9.00. The van der Waals surface area contributed by atoms with Gasteiger partial charge in [0.2, 0.25) is 0 Å². The molecule has 2 rings (SSSR count). The lowest BCUT2D eigenvalue weighted by molar-refractivity contribution is -0.141. The van der Waals surface area contributed by atoms with Crippen molar-refractivity contribution in [2.45, 2.75) is 13.3 Å². The molecule has 0 saturated carbocycles. The first kappa shape index (κ1) is 11.5. The second-order valence-corrected chi connectivity index (χ2v) is 3.88. The molecule has 1 unspecified atom stereocenters. The number of fused-ring (bicyclic) bond motifs is 1. The van der Waals surface area contributed by atoms with E-state index < -0.39 is 23.5 Å². The molecule has 0 bridgehead atoms. The SMILES string of the molecule is CC(Cc1nc2c(F)c(F)ccc2[nH]1)C(=O)O. The van der Waals surface area contributed by atoms with Crippen LogP contribution < -0.4 is 0 Å². The molecule has 1 aromatic carbocycles. The Labute approximate surface area is 95.3 Å². The predicted octanol–water partition coefficient (Wildman–Crippen LogP) is 2.10. The molecule has 0 aliphatic carbocycles. The summed E-state index contributed by atoms with van der Waals surface area (Å²) in [5.41, 5.74) is 0.258. The number of H-pyrrole nitrogens is 1. The van der Waals surface area contributed by atoms with Crippen LogP contribution in [0.3, 0.4) is 0 Å². The van der Waals surface area contributed by atoms with Crippen molar-refractivity contribution < 1.29 is 18.7 Å². The molecule has 1 aromatic heterocycles. The number of hydrogen-bond acceptors (Lipinski definition) is 2. The number of nitrogens with zero attached hydrogens (tertiary/aromatic N) is 1. The second kappa shape index (κ2) is 4.12. The van der Waals surface area contributed by atoms with Gasteiger partial charge in [-0.2, -0.15) is 0 Å². The standard InChI is InChI=1S/C11H10F2N2O2/c1-5(11(16)17)4-8-14-7-3-2-6(12)9(13)10(7)15-8/h2-3,5H,4H2,1H3,(H,14,15)(H,16,17). The van der Waals surface area contributed by atoms with Gasteiger partial charge in [-0.05, 0) is 12.1 Å². The number of carboxylic acid groups (broad SMARTS) is 1. The van der Waals surface area contributed by atoms with Crippen molar-refractivity contribution in [1.29, 1.82) is 0 Å². The maximum absolute atomic E-state index is 13.3. The molecule has 0 aliphatic rings. The summed E-state index contributed by atoms with van der Waals surface area (Å²) in [5, 5.41) is 8.74. The van der Waals surface area contributed by atoms with E-state index in [2.05, 4.69) is 9.97 Å². The van der Waals surface area contributed by atoms with Crippen LogP contribution in [0.25, 0.3) is 11.0 Å². The Morgan fingerprint density at radius 2 is 2.24 bits per heavy atom. The Hall–Kier alpha value is -1.98. The van der Waals surface area contributed by atoms with Crippen LogP contribution in [-0.4, -0.2) is 21.0 Å². The molecule has 2 N–H and O–H groups in total. The summed E-state index contributed by atoms with van der Waals surface area (Å²) in [6.07, 6.45) is 0.144. The van der Waals surface area contributed by atoms with Crippen molar-refractivity contribution in [2.75, 3.05) is 0 Å². The maximum Gasteiger partial charge on any atom is 0.306 e. The van der Waals surface area contributed by atoms with E-state index in [1.807, 2.05) is 0 Å². The smallest absolute Gasteiger partial charge is 0.306 e. The number of benzene rings is 1. The molecule has 2 aromatic rings. The molecule has 0 saturated heterocycles. The number of aromatic nitrogens is 2. The third kappa shape index (κ3) is 2.11. The highest BCUT2D eigenvalue weighted by Gasteiger charge is 2.16. The lowest BCUT2D eigenvalue weighted by Crippen LogP contribution is -2.12. The first-order valence-corrected chi connectivity index (χ1v) is 5.04. The van der Waals surface area contributed by atoms with Gasteiger partial charge in [0, 0.05) is 6.42 Å². The van der Waals surface area contributed by atoms with Crippen LogP contribution in [0, 0.1) is 17.6 Å². The van der Waals surface area contributed by atoms with E-state index in [0.29, 0.717) is 11.3 Å². The highest BCUT2D eigenvalue weighted by molar-refractivity contribution is 5.76. The Balaban J connectivity index is 2.38. The first-order valence-electron chi connectivity index (χ1n) is 5.04. The van der Waals surface area contributed by atoms with Crippen LogP contribution >= 0.6 is 0 Å². The van der Waals surface area contributed by atoms with E-state index >= 15 is 0 Å². The Bertz CT molecular complexity index is 580. The van der Waals surface area contributed by atoms with Gasteiger partial charge < -0.3 is 10.1 Å². The molecule has 4 nitrogen and oxygen atoms in total. The molecular weight excluding hydrogens is 230 g/mol. The number of aliphatic carboxylic acids is 1. The van der Waals surface area contributed by atoms with Crippen molar-refractivity contribution in [3.05, 3.63) is 29.6 Å². The fourth-order valence-electron chi connectivity index (χ4n) is 1.54. The predicted molar refractivity (Wildman–Crippen MR) is 56.5 cm³/mol. The number of aromatic amines is 1. The number of hydrogen-bond donors (Lipinski definition) is 2. The summed E-state index contributed by atoms with van der Waals surface area (Å²) in [6, 6.07) is 2.37. The highest BCUT2D eigenvalue weighted by Crippen LogP contribution is 2.19. The monoisotopic (exact) mass is 240 g/mol. The molecule has 0 spiro atoms. The largest absolute Gasteiger partial charge is 0.481 e. The fourth-order valence-corrected chi connectivity index (χ4v) is 1.54. The molecule has 1 heterocycles. The van der Waals surface area contributed by atoms with E-state index in [1.54, 1.807) is 0 Å². The van der Waals surface area contributed by atoms with Crippen LogP contribution in [0.2, 0.25) is 0 Å². The minimum absolute atomic E-state index is 0.0995. The maximum atomic E-state index is 13.3. The normalized spacial score (nSPS) is 12.9. The van der Waals surface area contributed by atoms with Gasteiger partial charge in [0.25, 0.3) is 0 Å². The lowest BCUT2D eigenvalue weighted by atomic mass is 10.1. The minimum Gasteiger partial charge on any atom is -0.481 e. The van der Waals surface area contributed by atoms with Crippen molar-refractivity contribution >= 4 is 17.0 Å². The first-order chi connectivity index (χ1) is 7.99. The summed E-state index contributed by atoms with van der Waals surface area (Å²) in [5.74, 6) is -3.25. The summed E-state index contributed by atoms with van der Waals surface area (Å²) in [6.45, 7) is 1.52. The summed E-state index contributed by atoms with van der Waals surface area (Å²) >= 11 is 0. The van der Waals surface area contributed by atoms with Gasteiger partial charge in [0.05, 0.1) is 11.4 Å². The Kier molecular flexibility index (Phi) is 2.79. The van der Waals surface area contributed by atoms with Gasteiger partial charge in [0.1, 0.15) is 11.3 Å². The molecule has 0 radical (unpaired) electrons. The van der Waals surface area contributed by atoms with Gasteiger partial charge in [-0.25, -0.2) is 13.8 Å². The molecule has 90 valence electrons. The number of nitrogens with one attached hydrogen (secondary N) is 1. The average Bonchev–Trinajstić information content (AvgIpc) is 2.67. The van der Waals surface area contributed by atoms with E-state index in [1.165, 1.54) is 13.0 Å².